The van der Waals surface area contributed by atoms with Crippen LogP contribution in [0.3, 0.4) is 0 Å². The fourth-order valence-electron chi connectivity index (χ4n) is 6.34. The molecule has 0 bridgehead atoms. The number of hydrogen-bond acceptors (Lipinski definition) is 5. The van der Waals surface area contributed by atoms with Gasteiger partial charge in [-0.3, -0.25) is 19.2 Å². The van der Waals surface area contributed by atoms with Crippen molar-refractivity contribution in [2.45, 2.75) is 103 Å². The molecule has 10 nitrogen and oxygen atoms in total. The molecule has 40 heavy (non-hydrogen) atoms. The van der Waals surface area contributed by atoms with Gasteiger partial charge in [0.1, 0.15) is 17.6 Å². The molecule has 5 atom stereocenters. The van der Waals surface area contributed by atoms with E-state index >= 15 is 0 Å². The van der Waals surface area contributed by atoms with Crippen LogP contribution < -0.4 is 21.7 Å². The van der Waals surface area contributed by atoms with Gasteiger partial charge in [-0.05, 0) is 47.8 Å². The Kier molecular flexibility index (Phi) is 7.45. The van der Waals surface area contributed by atoms with Gasteiger partial charge in [0, 0.05) is 6.54 Å². The highest BCUT2D eigenvalue weighted by atomic mass is 19.4. The average Bonchev–Trinajstić information content (AvgIpc) is 3.61. The molecule has 0 radical (unpaired) electrons. The van der Waals surface area contributed by atoms with Crippen LogP contribution in [-0.2, 0) is 19.2 Å². The molecule has 0 aromatic carbocycles. The molecule has 1 heterocycles. The van der Waals surface area contributed by atoms with E-state index in [1.54, 1.807) is 20.8 Å². The number of nitrogens with one attached hydrogen (secondary N) is 3. The molecule has 1 unspecified atom stereocenters. The summed E-state index contributed by atoms with van der Waals surface area (Å²) < 4.78 is 40.2. The van der Waals surface area contributed by atoms with Gasteiger partial charge in [-0.2, -0.15) is 13.2 Å². The second kappa shape index (κ2) is 9.90. The van der Waals surface area contributed by atoms with Crippen LogP contribution in [0.25, 0.3) is 0 Å². The number of rotatable bonds is 9. The molecule has 5 amide bonds. The van der Waals surface area contributed by atoms with Gasteiger partial charge >= 0.3 is 12.2 Å². The number of likely N-dealkylation sites (tertiary alicyclic amines) is 1. The van der Waals surface area contributed by atoms with Gasteiger partial charge in [-0.25, -0.2) is 4.79 Å². The lowest BCUT2D eigenvalue weighted by molar-refractivity contribution is -0.162. The number of carbonyl (C=O) groups excluding carboxylic acids is 5. The van der Waals surface area contributed by atoms with Crippen LogP contribution in [0.2, 0.25) is 0 Å². The van der Waals surface area contributed by atoms with E-state index in [2.05, 4.69) is 10.6 Å². The van der Waals surface area contributed by atoms with Gasteiger partial charge in [0.05, 0.1) is 6.04 Å². The van der Waals surface area contributed by atoms with E-state index in [1.807, 2.05) is 19.2 Å². The zero-order chi connectivity index (χ0) is 30.0. The van der Waals surface area contributed by atoms with E-state index < -0.39 is 64.8 Å². The number of piperidine rings is 1. The van der Waals surface area contributed by atoms with Crippen molar-refractivity contribution < 1.29 is 37.1 Å². The Balaban J connectivity index is 1.53. The van der Waals surface area contributed by atoms with Crippen LogP contribution in [0.1, 0.15) is 73.1 Å². The molecule has 224 valence electrons. The Labute approximate surface area is 231 Å². The number of ketones is 1. The van der Waals surface area contributed by atoms with Crippen LogP contribution in [0.4, 0.5) is 18.0 Å². The number of primary amides is 1. The van der Waals surface area contributed by atoms with Gasteiger partial charge < -0.3 is 26.6 Å². The summed E-state index contributed by atoms with van der Waals surface area (Å²) in [7, 11) is 0. The minimum atomic E-state index is -4.62. The first-order chi connectivity index (χ1) is 18.3. The summed E-state index contributed by atoms with van der Waals surface area (Å²) in [6.07, 6.45) is -2.07. The standard InChI is InChI=1S/C27H40F3N5O5/c1-24(2,3)19(33-23(40)34-26(9-10-26)27(28,29)30)22(39)35-12-14-16(25(14,4)5)17(35)21(38)32-15(18(36)20(31)37)11-13-7-6-8-13/h13-17,19H,6-12H2,1-5H3,(H2,31,37)(H,32,38)(H2,33,34,40)/t14-,15?,16-,17-,19+/m0/s1. The van der Waals surface area contributed by atoms with E-state index in [-0.39, 0.29) is 49.0 Å². The Morgan fingerprint density at radius 2 is 1.62 bits per heavy atom. The summed E-state index contributed by atoms with van der Waals surface area (Å²) in [6.45, 7) is 9.18. The molecule has 5 N–H and O–H groups in total. The maximum atomic E-state index is 13.9. The van der Waals surface area contributed by atoms with Crippen LogP contribution in [0, 0.1) is 28.6 Å². The summed E-state index contributed by atoms with van der Waals surface area (Å²) >= 11 is 0. The van der Waals surface area contributed by atoms with E-state index in [4.69, 9.17) is 5.73 Å². The number of hydrogen-bond donors (Lipinski definition) is 4. The van der Waals surface area contributed by atoms with Crippen LogP contribution in [0.5, 0.6) is 0 Å². The lowest BCUT2D eigenvalue weighted by atomic mass is 9.80. The van der Waals surface area contributed by atoms with Crippen LogP contribution in [-0.4, -0.2) is 70.8 Å². The number of Topliss-reactive ketones (excluding diaryl/α,β-unsaturated/α-hetero) is 1. The first kappa shape index (κ1) is 30.1. The number of nitrogens with zero attached hydrogens (tertiary/aromatic N) is 1. The molecule has 3 saturated carbocycles. The Hall–Kier alpha value is -2.86. The number of fused-ring (bicyclic) bond motifs is 1. The van der Waals surface area contributed by atoms with E-state index in [0.717, 1.165) is 19.3 Å². The van der Waals surface area contributed by atoms with Crippen LogP contribution >= 0.6 is 0 Å². The van der Waals surface area contributed by atoms with Crippen molar-refractivity contribution >= 4 is 29.5 Å². The Morgan fingerprint density at radius 1 is 1.02 bits per heavy atom. The zero-order valence-electron chi connectivity index (χ0n) is 23.6. The van der Waals surface area contributed by atoms with Gasteiger partial charge in [0.15, 0.2) is 0 Å². The molecule has 4 rings (SSSR count). The molecule has 0 spiro atoms. The van der Waals surface area contributed by atoms with Gasteiger partial charge in [-0.1, -0.05) is 53.9 Å². The van der Waals surface area contributed by atoms with Crippen molar-refractivity contribution in [2.24, 2.45) is 34.3 Å². The van der Waals surface area contributed by atoms with Gasteiger partial charge in [0.2, 0.25) is 17.6 Å². The minimum Gasteiger partial charge on any atom is -0.363 e. The van der Waals surface area contributed by atoms with Crippen LogP contribution in [0.15, 0.2) is 0 Å². The normalized spacial score (nSPS) is 27.9. The van der Waals surface area contributed by atoms with Crippen molar-refractivity contribution in [3.05, 3.63) is 0 Å². The molecule has 3 aliphatic carbocycles. The molecule has 0 aromatic heterocycles. The molecule has 1 saturated heterocycles. The number of nitrogens with two attached hydrogens (primary N) is 1. The maximum Gasteiger partial charge on any atom is 0.411 e. The number of alkyl halides is 3. The van der Waals surface area contributed by atoms with Crippen molar-refractivity contribution in [1.82, 2.24) is 20.9 Å². The lowest BCUT2D eigenvalue weighted by Crippen LogP contribution is -2.62. The van der Waals surface area contributed by atoms with E-state index in [0.29, 0.717) is 0 Å². The summed E-state index contributed by atoms with van der Waals surface area (Å²) in [5, 5.41) is 7.12. The predicted molar refractivity (Wildman–Crippen MR) is 137 cm³/mol. The number of carbonyl (C=O) groups is 5. The zero-order valence-corrected chi connectivity index (χ0v) is 23.6. The molecular weight excluding hydrogens is 531 g/mol. The molecule has 13 heteroatoms. The fourth-order valence-corrected chi connectivity index (χ4v) is 6.34. The summed E-state index contributed by atoms with van der Waals surface area (Å²) in [5.74, 6) is -3.29. The van der Waals surface area contributed by atoms with Gasteiger partial charge in [0.25, 0.3) is 5.91 Å². The number of amides is 5. The van der Waals surface area contributed by atoms with Crippen molar-refractivity contribution in [2.75, 3.05) is 6.54 Å². The average molecular weight is 572 g/mol. The third-order valence-corrected chi connectivity index (χ3v) is 9.46. The second-order valence-electron chi connectivity index (χ2n) is 13.7. The summed E-state index contributed by atoms with van der Waals surface area (Å²) in [5.41, 5.74) is 1.78. The molecule has 1 aliphatic heterocycles. The third kappa shape index (κ3) is 5.52. The highest BCUT2D eigenvalue weighted by Crippen LogP contribution is 2.65. The maximum absolute atomic E-state index is 13.9. The van der Waals surface area contributed by atoms with E-state index in [1.165, 1.54) is 4.90 Å². The van der Waals surface area contributed by atoms with E-state index in [9.17, 15) is 37.1 Å². The molecule has 0 aromatic rings. The van der Waals surface area contributed by atoms with Crippen molar-refractivity contribution in [1.29, 1.82) is 0 Å². The minimum absolute atomic E-state index is 0.0152. The van der Waals surface area contributed by atoms with Crippen molar-refractivity contribution in [3.8, 4) is 0 Å². The SMILES string of the molecule is CC(C)(C)[C@H](NC(=O)NC1(C(F)(F)F)CC1)C(=O)N1C[C@H]2[C@@H]([C@H]1C(=O)NC(CC1CCC1)C(=O)C(N)=O)C2(C)C. The number of halogens is 3. The summed E-state index contributed by atoms with van der Waals surface area (Å²) in [6, 6.07) is -4.42. The predicted octanol–water partition coefficient (Wildman–Crippen LogP) is 2.01. The Bertz CT molecular complexity index is 1090. The molecule has 4 fully saturated rings. The Morgan fingerprint density at radius 3 is 2.08 bits per heavy atom. The fraction of sp³-hybridized carbons (Fsp3) is 0.815. The lowest BCUT2D eigenvalue weighted by Gasteiger charge is -2.38. The summed E-state index contributed by atoms with van der Waals surface area (Å²) in [4.78, 5) is 65.9. The third-order valence-electron chi connectivity index (χ3n) is 9.46. The monoisotopic (exact) mass is 571 g/mol. The number of urea groups is 1. The highest BCUT2D eigenvalue weighted by molar-refractivity contribution is 6.37. The highest BCUT2D eigenvalue weighted by Gasteiger charge is 2.70. The second-order valence-corrected chi connectivity index (χ2v) is 13.7. The van der Waals surface area contributed by atoms with Crippen molar-refractivity contribution in [3.63, 3.8) is 0 Å². The first-order valence-electron chi connectivity index (χ1n) is 13.9. The quantitative estimate of drug-likeness (QED) is 0.312. The molecule has 4 aliphatic rings. The van der Waals surface area contributed by atoms with Gasteiger partial charge in [-0.15, -0.1) is 0 Å². The topological polar surface area (TPSA) is 151 Å². The smallest absolute Gasteiger partial charge is 0.363 e. The largest absolute Gasteiger partial charge is 0.411 e. The molecular formula is C27H40F3N5O5. The first-order valence-corrected chi connectivity index (χ1v) is 13.9.